The van der Waals surface area contributed by atoms with Crippen molar-refractivity contribution in [1.82, 2.24) is 5.32 Å². The molecule has 0 aliphatic rings. The number of hydrogen-bond donors (Lipinski definition) is 2. The zero-order valence-electron chi connectivity index (χ0n) is 8.07. The normalized spacial score (nSPS) is 9.93. The van der Waals surface area contributed by atoms with E-state index < -0.39 is 5.97 Å². The van der Waals surface area contributed by atoms with E-state index in [1.54, 1.807) is 0 Å². The standard InChI is InChI=1S/C10H12BrNO3/c11-8-2-1-3-9(6-8)15-5-4-12-7-10(13)14/h1-3,6,12H,4-5,7H2,(H,13,14). The van der Waals surface area contributed by atoms with E-state index in [0.717, 1.165) is 10.2 Å². The maximum Gasteiger partial charge on any atom is 0.317 e. The van der Waals surface area contributed by atoms with Crippen LogP contribution in [0.2, 0.25) is 0 Å². The van der Waals surface area contributed by atoms with Crippen LogP contribution in [-0.4, -0.2) is 30.8 Å². The molecule has 0 saturated carbocycles. The lowest BCUT2D eigenvalue weighted by Gasteiger charge is -2.06. The Balaban J connectivity index is 2.17. The Morgan fingerprint density at radius 1 is 1.53 bits per heavy atom. The average molecular weight is 274 g/mol. The quantitative estimate of drug-likeness (QED) is 0.772. The zero-order valence-corrected chi connectivity index (χ0v) is 9.66. The molecule has 0 unspecified atom stereocenters. The molecule has 15 heavy (non-hydrogen) atoms. The molecule has 2 N–H and O–H groups in total. The smallest absolute Gasteiger partial charge is 0.317 e. The van der Waals surface area contributed by atoms with Crippen molar-refractivity contribution < 1.29 is 14.6 Å². The molecule has 0 atom stereocenters. The van der Waals surface area contributed by atoms with Gasteiger partial charge in [-0.15, -0.1) is 0 Å². The fourth-order valence-electron chi connectivity index (χ4n) is 0.993. The number of nitrogens with one attached hydrogen (secondary N) is 1. The highest BCUT2D eigenvalue weighted by Gasteiger charge is 1.96. The van der Waals surface area contributed by atoms with Crippen LogP contribution in [0.25, 0.3) is 0 Å². The van der Waals surface area contributed by atoms with E-state index in [4.69, 9.17) is 9.84 Å². The summed E-state index contributed by atoms with van der Waals surface area (Å²) in [5.41, 5.74) is 0. The van der Waals surface area contributed by atoms with E-state index in [1.807, 2.05) is 24.3 Å². The minimum atomic E-state index is -0.863. The number of halogens is 1. The Kier molecular flexibility index (Phi) is 5.14. The lowest BCUT2D eigenvalue weighted by Crippen LogP contribution is -2.26. The minimum absolute atomic E-state index is 0.0398. The molecular formula is C10H12BrNO3. The van der Waals surface area contributed by atoms with Crippen LogP contribution in [0.1, 0.15) is 0 Å². The Morgan fingerprint density at radius 3 is 3.00 bits per heavy atom. The fourth-order valence-corrected chi connectivity index (χ4v) is 1.37. The summed E-state index contributed by atoms with van der Waals surface area (Å²) in [6, 6.07) is 7.50. The molecule has 0 fully saturated rings. The number of carboxylic acid groups (broad SMARTS) is 1. The molecule has 1 rings (SSSR count). The summed E-state index contributed by atoms with van der Waals surface area (Å²) in [5, 5.41) is 11.1. The second kappa shape index (κ2) is 6.42. The largest absolute Gasteiger partial charge is 0.492 e. The summed E-state index contributed by atoms with van der Waals surface area (Å²) in [5.74, 6) is -0.0982. The summed E-state index contributed by atoms with van der Waals surface area (Å²) in [7, 11) is 0. The average Bonchev–Trinajstić information content (AvgIpc) is 2.17. The van der Waals surface area contributed by atoms with Gasteiger partial charge in [-0.3, -0.25) is 4.79 Å². The summed E-state index contributed by atoms with van der Waals surface area (Å²) >= 11 is 3.33. The third-order valence-corrected chi connectivity index (χ3v) is 2.11. The molecule has 0 saturated heterocycles. The van der Waals surface area contributed by atoms with Crippen molar-refractivity contribution in [3.8, 4) is 5.75 Å². The van der Waals surface area contributed by atoms with E-state index in [2.05, 4.69) is 21.2 Å². The van der Waals surface area contributed by atoms with Crippen molar-refractivity contribution in [2.75, 3.05) is 19.7 Å². The van der Waals surface area contributed by atoms with Crippen LogP contribution in [0.3, 0.4) is 0 Å². The second-order valence-electron chi connectivity index (χ2n) is 2.88. The molecule has 4 nitrogen and oxygen atoms in total. The number of rotatable bonds is 6. The first-order valence-corrected chi connectivity index (χ1v) is 5.28. The Labute approximate surface area is 96.4 Å². The van der Waals surface area contributed by atoms with Crippen molar-refractivity contribution in [1.29, 1.82) is 0 Å². The van der Waals surface area contributed by atoms with E-state index in [1.165, 1.54) is 0 Å². The number of aliphatic carboxylic acids is 1. The Morgan fingerprint density at radius 2 is 2.33 bits per heavy atom. The number of carbonyl (C=O) groups is 1. The fraction of sp³-hybridized carbons (Fsp3) is 0.300. The maximum atomic E-state index is 10.2. The van der Waals surface area contributed by atoms with Crippen LogP contribution >= 0.6 is 15.9 Å². The molecule has 0 spiro atoms. The van der Waals surface area contributed by atoms with Crippen molar-refractivity contribution in [2.45, 2.75) is 0 Å². The third-order valence-electron chi connectivity index (χ3n) is 1.62. The van der Waals surface area contributed by atoms with Crippen LogP contribution in [-0.2, 0) is 4.79 Å². The molecule has 0 radical (unpaired) electrons. The summed E-state index contributed by atoms with van der Waals surface area (Å²) < 4.78 is 6.34. The lowest BCUT2D eigenvalue weighted by molar-refractivity contribution is -0.135. The summed E-state index contributed by atoms with van der Waals surface area (Å²) in [6.07, 6.45) is 0. The molecule has 0 aromatic heterocycles. The molecule has 0 bridgehead atoms. The van der Waals surface area contributed by atoms with Crippen molar-refractivity contribution in [2.24, 2.45) is 0 Å². The van der Waals surface area contributed by atoms with Gasteiger partial charge in [0.25, 0.3) is 0 Å². The molecule has 0 heterocycles. The maximum absolute atomic E-state index is 10.2. The van der Waals surface area contributed by atoms with Crippen LogP contribution in [0.4, 0.5) is 0 Å². The van der Waals surface area contributed by atoms with Crippen LogP contribution in [0.5, 0.6) is 5.75 Å². The summed E-state index contributed by atoms with van der Waals surface area (Å²) in [6.45, 7) is 0.921. The van der Waals surface area contributed by atoms with Gasteiger partial charge in [-0.25, -0.2) is 0 Å². The SMILES string of the molecule is O=C(O)CNCCOc1cccc(Br)c1. The first-order valence-electron chi connectivity index (χ1n) is 4.49. The van der Waals surface area contributed by atoms with Crippen LogP contribution in [0, 0.1) is 0 Å². The van der Waals surface area contributed by atoms with Gasteiger partial charge in [0.2, 0.25) is 0 Å². The first kappa shape index (κ1) is 12.0. The van der Waals surface area contributed by atoms with Gasteiger partial charge in [0.05, 0.1) is 6.54 Å². The second-order valence-corrected chi connectivity index (χ2v) is 3.79. The monoisotopic (exact) mass is 273 g/mol. The highest BCUT2D eigenvalue weighted by molar-refractivity contribution is 9.10. The molecular weight excluding hydrogens is 262 g/mol. The number of ether oxygens (including phenoxy) is 1. The molecule has 1 aromatic rings. The van der Waals surface area contributed by atoms with E-state index in [-0.39, 0.29) is 6.54 Å². The first-order chi connectivity index (χ1) is 7.18. The van der Waals surface area contributed by atoms with Gasteiger partial charge in [-0.05, 0) is 18.2 Å². The Bertz CT molecular complexity index is 330. The van der Waals surface area contributed by atoms with Gasteiger partial charge < -0.3 is 15.2 Å². The lowest BCUT2D eigenvalue weighted by atomic mass is 10.3. The molecule has 0 amide bonds. The van der Waals surface area contributed by atoms with Gasteiger partial charge in [-0.1, -0.05) is 22.0 Å². The van der Waals surface area contributed by atoms with Crippen molar-refractivity contribution in [3.63, 3.8) is 0 Å². The molecule has 5 heteroatoms. The highest BCUT2D eigenvalue weighted by Crippen LogP contribution is 2.17. The molecule has 0 aliphatic heterocycles. The summed E-state index contributed by atoms with van der Waals surface area (Å²) in [4.78, 5) is 10.2. The van der Waals surface area contributed by atoms with Gasteiger partial charge in [0.15, 0.2) is 0 Å². The number of benzene rings is 1. The van der Waals surface area contributed by atoms with Crippen molar-refractivity contribution in [3.05, 3.63) is 28.7 Å². The third kappa shape index (κ3) is 5.39. The zero-order chi connectivity index (χ0) is 11.1. The highest BCUT2D eigenvalue weighted by atomic mass is 79.9. The van der Waals surface area contributed by atoms with E-state index >= 15 is 0 Å². The van der Waals surface area contributed by atoms with E-state index in [9.17, 15) is 4.79 Å². The number of carboxylic acids is 1. The van der Waals surface area contributed by atoms with Gasteiger partial charge in [0.1, 0.15) is 12.4 Å². The molecule has 82 valence electrons. The topological polar surface area (TPSA) is 58.6 Å². The van der Waals surface area contributed by atoms with Gasteiger partial charge in [-0.2, -0.15) is 0 Å². The van der Waals surface area contributed by atoms with Crippen LogP contribution in [0.15, 0.2) is 28.7 Å². The van der Waals surface area contributed by atoms with Crippen molar-refractivity contribution >= 4 is 21.9 Å². The van der Waals surface area contributed by atoms with Gasteiger partial charge in [0, 0.05) is 11.0 Å². The predicted octanol–water partition coefficient (Wildman–Crippen LogP) is 1.50. The minimum Gasteiger partial charge on any atom is -0.492 e. The van der Waals surface area contributed by atoms with Gasteiger partial charge >= 0.3 is 5.97 Å². The predicted molar refractivity (Wildman–Crippen MR) is 60.1 cm³/mol. The molecule has 0 aliphatic carbocycles. The molecule has 1 aromatic carbocycles. The van der Waals surface area contributed by atoms with E-state index in [0.29, 0.717) is 13.2 Å². The Hall–Kier alpha value is -1.07. The van der Waals surface area contributed by atoms with Crippen LogP contribution < -0.4 is 10.1 Å². The number of hydrogen-bond acceptors (Lipinski definition) is 3.